The number of pyridine rings is 1. The van der Waals surface area contributed by atoms with E-state index in [-0.39, 0.29) is 0 Å². The van der Waals surface area contributed by atoms with Crippen molar-refractivity contribution in [1.29, 1.82) is 0 Å². The molecule has 1 aliphatic carbocycles. The molecule has 0 amide bonds. The third-order valence-electron chi connectivity index (χ3n) is 3.67. The summed E-state index contributed by atoms with van der Waals surface area (Å²) in [7, 11) is 4.14. The first-order valence-corrected chi connectivity index (χ1v) is 6.63. The van der Waals surface area contributed by atoms with Crippen LogP contribution in [0, 0.1) is 0 Å². The number of hydrogen-bond donors (Lipinski definition) is 1. The molecule has 1 heterocycles. The van der Waals surface area contributed by atoms with Crippen molar-refractivity contribution in [2.45, 2.75) is 44.7 Å². The van der Waals surface area contributed by atoms with Gasteiger partial charge in [-0.2, -0.15) is 0 Å². The van der Waals surface area contributed by atoms with Gasteiger partial charge in [-0.3, -0.25) is 4.90 Å². The van der Waals surface area contributed by atoms with Gasteiger partial charge in [0.15, 0.2) is 0 Å². The van der Waals surface area contributed by atoms with Crippen molar-refractivity contribution in [3.63, 3.8) is 0 Å². The fourth-order valence-corrected chi connectivity index (χ4v) is 2.61. The van der Waals surface area contributed by atoms with Gasteiger partial charge in [0.2, 0.25) is 0 Å². The summed E-state index contributed by atoms with van der Waals surface area (Å²) < 4.78 is 0. The van der Waals surface area contributed by atoms with Crippen LogP contribution in [0.1, 0.15) is 37.8 Å². The van der Waals surface area contributed by atoms with Crippen LogP contribution in [0.2, 0.25) is 0 Å². The van der Waals surface area contributed by atoms with Crippen molar-refractivity contribution in [2.24, 2.45) is 0 Å². The Balaban J connectivity index is 1.94. The average molecular weight is 233 g/mol. The number of rotatable bonds is 4. The number of hydrogen-bond acceptors (Lipinski definition) is 3. The lowest BCUT2D eigenvalue weighted by Gasteiger charge is -2.30. The highest BCUT2D eigenvalue weighted by Gasteiger charge is 2.18. The SMILES string of the molecule is CNc1cccc(CN(C)C2CCCCC2)n1. The Labute approximate surface area is 104 Å². The van der Waals surface area contributed by atoms with E-state index in [1.807, 2.05) is 13.1 Å². The van der Waals surface area contributed by atoms with E-state index < -0.39 is 0 Å². The van der Waals surface area contributed by atoms with Gasteiger partial charge in [-0.1, -0.05) is 25.3 Å². The molecule has 1 aromatic rings. The molecule has 1 aliphatic rings. The Kier molecular flexibility index (Phi) is 4.37. The second kappa shape index (κ2) is 6.01. The van der Waals surface area contributed by atoms with Gasteiger partial charge >= 0.3 is 0 Å². The van der Waals surface area contributed by atoms with Gasteiger partial charge in [-0.05, 0) is 32.0 Å². The molecule has 3 heteroatoms. The zero-order chi connectivity index (χ0) is 12.1. The van der Waals surface area contributed by atoms with Crippen molar-refractivity contribution in [3.05, 3.63) is 23.9 Å². The predicted molar refractivity (Wildman–Crippen MR) is 72.1 cm³/mol. The lowest BCUT2D eigenvalue weighted by atomic mass is 9.94. The number of aromatic nitrogens is 1. The van der Waals surface area contributed by atoms with Crippen molar-refractivity contribution < 1.29 is 0 Å². The summed E-state index contributed by atoms with van der Waals surface area (Å²) >= 11 is 0. The van der Waals surface area contributed by atoms with Crippen LogP contribution in [0.15, 0.2) is 18.2 Å². The Bertz CT molecular complexity index is 345. The molecular weight excluding hydrogens is 210 g/mol. The fourth-order valence-electron chi connectivity index (χ4n) is 2.61. The van der Waals surface area contributed by atoms with Crippen LogP contribution in [0.3, 0.4) is 0 Å². The van der Waals surface area contributed by atoms with Gasteiger partial charge in [-0.15, -0.1) is 0 Å². The molecule has 1 N–H and O–H groups in total. The second-order valence-corrected chi connectivity index (χ2v) is 4.97. The van der Waals surface area contributed by atoms with Crippen molar-refractivity contribution in [1.82, 2.24) is 9.88 Å². The molecular formula is C14H23N3. The smallest absolute Gasteiger partial charge is 0.126 e. The standard InChI is InChI=1S/C14H23N3/c1-15-14-10-6-7-12(16-14)11-17(2)13-8-4-3-5-9-13/h6-7,10,13H,3-5,8-9,11H2,1-2H3,(H,15,16). The topological polar surface area (TPSA) is 28.2 Å². The molecule has 0 bridgehead atoms. The van der Waals surface area contributed by atoms with Crippen LogP contribution in [-0.2, 0) is 6.54 Å². The summed E-state index contributed by atoms with van der Waals surface area (Å²) in [6.07, 6.45) is 6.89. The summed E-state index contributed by atoms with van der Waals surface area (Å²) in [4.78, 5) is 7.03. The summed E-state index contributed by atoms with van der Waals surface area (Å²) in [6.45, 7) is 0.959. The van der Waals surface area contributed by atoms with Gasteiger partial charge in [0, 0.05) is 19.6 Å². The van der Waals surface area contributed by atoms with Gasteiger partial charge in [0.05, 0.1) is 5.69 Å². The minimum Gasteiger partial charge on any atom is -0.373 e. The Morgan fingerprint density at radius 2 is 2.06 bits per heavy atom. The molecule has 0 unspecified atom stereocenters. The summed E-state index contributed by atoms with van der Waals surface area (Å²) in [5.74, 6) is 0.958. The zero-order valence-electron chi connectivity index (χ0n) is 10.9. The predicted octanol–water partition coefficient (Wildman–Crippen LogP) is 2.89. The Hall–Kier alpha value is -1.09. The van der Waals surface area contributed by atoms with Gasteiger partial charge < -0.3 is 5.32 Å². The largest absolute Gasteiger partial charge is 0.373 e. The molecule has 0 spiro atoms. The monoisotopic (exact) mass is 233 g/mol. The van der Waals surface area contributed by atoms with Crippen molar-refractivity contribution in [2.75, 3.05) is 19.4 Å². The van der Waals surface area contributed by atoms with E-state index in [4.69, 9.17) is 0 Å². The maximum absolute atomic E-state index is 4.57. The molecule has 1 aromatic heterocycles. The van der Waals surface area contributed by atoms with E-state index in [1.165, 1.54) is 32.1 Å². The third kappa shape index (κ3) is 3.43. The summed E-state index contributed by atoms with van der Waals surface area (Å²) in [5.41, 5.74) is 1.16. The van der Waals surface area contributed by atoms with E-state index in [2.05, 4.69) is 34.4 Å². The number of nitrogens with one attached hydrogen (secondary N) is 1. The molecule has 0 aromatic carbocycles. The van der Waals surface area contributed by atoms with Crippen molar-refractivity contribution in [3.8, 4) is 0 Å². The quantitative estimate of drug-likeness (QED) is 0.866. The molecule has 0 saturated heterocycles. The van der Waals surface area contributed by atoms with Crippen LogP contribution < -0.4 is 5.32 Å². The van der Waals surface area contributed by atoms with E-state index >= 15 is 0 Å². The highest BCUT2D eigenvalue weighted by molar-refractivity contribution is 5.34. The molecule has 3 nitrogen and oxygen atoms in total. The summed E-state index contributed by atoms with van der Waals surface area (Å²) in [5, 5.41) is 3.09. The van der Waals surface area contributed by atoms with Crippen LogP contribution in [0.5, 0.6) is 0 Å². The van der Waals surface area contributed by atoms with Gasteiger partial charge in [0.1, 0.15) is 5.82 Å². The minimum atomic E-state index is 0.754. The van der Waals surface area contributed by atoms with E-state index in [0.29, 0.717) is 0 Å². The Morgan fingerprint density at radius 1 is 1.29 bits per heavy atom. The average Bonchev–Trinajstić information content (AvgIpc) is 2.40. The normalized spacial score (nSPS) is 17.4. The zero-order valence-corrected chi connectivity index (χ0v) is 10.9. The van der Waals surface area contributed by atoms with E-state index in [1.54, 1.807) is 0 Å². The lowest BCUT2D eigenvalue weighted by Crippen LogP contribution is -2.33. The molecule has 1 fully saturated rings. The highest BCUT2D eigenvalue weighted by atomic mass is 15.1. The van der Waals surface area contributed by atoms with Crippen molar-refractivity contribution >= 4 is 5.82 Å². The first kappa shape index (κ1) is 12.4. The lowest BCUT2D eigenvalue weighted by molar-refractivity contribution is 0.183. The van der Waals surface area contributed by atoms with Crippen LogP contribution in [-0.4, -0.2) is 30.0 Å². The molecule has 17 heavy (non-hydrogen) atoms. The molecule has 2 rings (SSSR count). The maximum Gasteiger partial charge on any atom is 0.126 e. The molecule has 94 valence electrons. The molecule has 0 atom stereocenters. The Morgan fingerprint density at radius 3 is 2.76 bits per heavy atom. The van der Waals surface area contributed by atoms with E-state index in [0.717, 1.165) is 24.1 Å². The second-order valence-electron chi connectivity index (χ2n) is 4.97. The number of anilines is 1. The summed E-state index contributed by atoms with van der Waals surface area (Å²) in [6, 6.07) is 6.94. The minimum absolute atomic E-state index is 0.754. The maximum atomic E-state index is 4.57. The fraction of sp³-hybridized carbons (Fsp3) is 0.643. The molecule has 0 radical (unpaired) electrons. The first-order valence-electron chi connectivity index (χ1n) is 6.63. The van der Waals surface area contributed by atoms with Crippen LogP contribution in [0.25, 0.3) is 0 Å². The van der Waals surface area contributed by atoms with Gasteiger partial charge in [-0.25, -0.2) is 4.98 Å². The van der Waals surface area contributed by atoms with Crippen LogP contribution in [0.4, 0.5) is 5.82 Å². The van der Waals surface area contributed by atoms with Gasteiger partial charge in [0.25, 0.3) is 0 Å². The third-order valence-corrected chi connectivity index (χ3v) is 3.67. The highest BCUT2D eigenvalue weighted by Crippen LogP contribution is 2.22. The number of nitrogens with zero attached hydrogens (tertiary/aromatic N) is 2. The molecule has 0 aliphatic heterocycles. The van der Waals surface area contributed by atoms with E-state index in [9.17, 15) is 0 Å². The first-order chi connectivity index (χ1) is 8.29. The molecule has 1 saturated carbocycles. The van der Waals surface area contributed by atoms with Crippen LogP contribution >= 0.6 is 0 Å².